The fourth-order valence-electron chi connectivity index (χ4n) is 2.75. The van der Waals surface area contributed by atoms with Crippen LogP contribution in [-0.4, -0.2) is 38.7 Å². The zero-order valence-electron chi connectivity index (χ0n) is 19.9. The lowest BCUT2D eigenvalue weighted by molar-refractivity contribution is 0.0635. The van der Waals surface area contributed by atoms with E-state index in [1.165, 1.54) is 37.4 Å². The van der Waals surface area contributed by atoms with Crippen molar-refractivity contribution in [3.05, 3.63) is 48.0 Å². The van der Waals surface area contributed by atoms with Crippen molar-refractivity contribution in [2.24, 2.45) is 0 Å². The number of carbonyl (C=O) groups is 2. The molecule has 0 spiro atoms. The maximum Gasteiger partial charge on any atom is 0.412 e. The molecule has 3 N–H and O–H groups in total. The fraction of sp³-hybridized carbons (Fsp3) is 0.391. The molecular formula is C23H31N3O6S. The Bertz CT molecular complexity index is 1110. The number of carbonyl (C=O) groups excluding carboxylic acids is 2. The zero-order chi connectivity index (χ0) is 25.0. The first-order valence-corrected chi connectivity index (χ1v) is 11.7. The van der Waals surface area contributed by atoms with Gasteiger partial charge in [0.2, 0.25) is 10.0 Å². The molecule has 0 aliphatic carbocycles. The van der Waals surface area contributed by atoms with Gasteiger partial charge in [-0.05, 0) is 84.0 Å². The predicted molar refractivity (Wildman–Crippen MR) is 127 cm³/mol. The molecule has 180 valence electrons. The molecule has 2 aromatic carbocycles. The van der Waals surface area contributed by atoms with Crippen LogP contribution in [0.3, 0.4) is 0 Å². The fourth-order valence-corrected chi connectivity index (χ4v) is 4.17. The first-order chi connectivity index (χ1) is 15.1. The molecule has 0 fully saturated rings. The van der Waals surface area contributed by atoms with E-state index in [1.54, 1.807) is 53.7 Å². The number of methoxy groups -OCH3 is 1. The minimum absolute atomic E-state index is 0.0577. The normalized spacial score (nSPS) is 12.1. The first-order valence-electron chi connectivity index (χ1n) is 10.2. The zero-order valence-corrected chi connectivity index (χ0v) is 20.7. The summed E-state index contributed by atoms with van der Waals surface area (Å²) in [7, 11) is -2.25. The lowest BCUT2D eigenvalue weighted by Gasteiger charge is -2.20. The Kier molecular flexibility index (Phi) is 7.76. The number of ether oxygens (including phenoxy) is 2. The van der Waals surface area contributed by atoms with Crippen LogP contribution in [0, 0.1) is 0 Å². The standard InChI is InChI=1S/C23H31N3O6S/c1-22(2,3)26-33(29,30)17-11-8-15(9-12-17)20(27)24-16-10-13-19(31-7)18(14-16)25-21(28)32-23(4,5)6/h8-14,26H,1-7H3,(H,24,27)(H,25,28). The van der Waals surface area contributed by atoms with Crippen LogP contribution >= 0.6 is 0 Å². The summed E-state index contributed by atoms with van der Waals surface area (Å²) in [5.74, 6) is -0.0594. The maximum atomic E-state index is 12.7. The van der Waals surface area contributed by atoms with Crippen LogP contribution in [0.5, 0.6) is 5.75 Å². The molecule has 10 heteroatoms. The van der Waals surface area contributed by atoms with Gasteiger partial charge >= 0.3 is 6.09 Å². The Morgan fingerprint density at radius 1 is 0.879 bits per heavy atom. The Labute approximate surface area is 194 Å². The summed E-state index contributed by atoms with van der Waals surface area (Å²) in [6, 6.07) is 10.3. The second-order valence-corrected chi connectivity index (χ2v) is 11.1. The molecular weight excluding hydrogens is 446 g/mol. The molecule has 33 heavy (non-hydrogen) atoms. The second kappa shape index (κ2) is 9.80. The topological polar surface area (TPSA) is 123 Å². The monoisotopic (exact) mass is 477 g/mol. The first kappa shape index (κ1) is 26.1. The molecule has 0 radical (unpaired) electrons. The average molecular weight is 478 g/mol. The minimum atomic E-state index is -3.71. The van der Waals surface area contributed by atoms with Crippen molar-refractivity contribution < 1.29 is 27.5 Å². The number of amides is 2. The quantitative estimate of drug-likeness (QED) is 0.568. The van der Waals surface area contributed by atoms with E-state index < -0.39 is 33.2 Å². The van der Waals surface area contributed by atoms with Crippen molar-refractivity contribution in [3.8, 4) is 5.75 Å². The van der Waals surface area contributed by atoms with E-state index in [9.17, 15) is 18.0 Å². The van der Waals surface area contributed by atoms with Gasteiger partial charge in [-0.3, -0.25) is 10.1 Å². The Morgan fingerprint density at radius 2 is 1.48 bits per heavy atom. The van der Waals surface area contributed by atoms with Gasteiger partial charge in [0.1, 0.15) is 11.4 Å². The van der Waals surface area contributed by atoms with Gasteiger partial charge in [0.05, 0.1) is 17.7 Å². The molecule has 0 unspecified atom stereocenters. The Morgan fingerprint density at radius 3 is 2.00 bits per heavy atom. The SMILES string of the molecule is COc1ccc(NC(=O)c2ccc(S(=O)(=O)NC(C)(C)C)cc2)cc1NC(=O)OC(C)(C)C. The van der Waals surface area contributed by atoms with Crippen LogP contribution in [0.1, 0.15) is 51.9 Å². The highest BCUT2D eigenvalue weighted by molar-refractivity contribution is 7.89. The predicted octanol–water partition coefficient (Wildman–Crippen LogP) is 4.37. The van der Waals surface area contributed by atoms with E-state index in [-0.39, 0.29) is 10.5 Å². The van der Waals surface area contributed by atoms with Crippen molar-refractivity contribution in [3.63, 3.8) is 0 Å². The van der Waals surface area contributed by atoms with E-state index in [4.69, 9.17) is 9.47 Å². The number of hydrogen-bond acceptors (Lipinski definition) is 6. The summed E-state index contributed by atoms with van der Waals surface area (Å²) in [6.07, 6.45) is -0.662. The van der Waals surface area contributed by atoms with E-state index in [0.29, 0.717) is 17.1 Å². The number of nitrogens with one attached hydrogen (secondary N) is 3. The molecule has 0 saturated carbocycles. The van der Waals surface area contributed by atoms with Gasteiger partial charge < -0.3 is 14.8 Å². The van der Waals surface area contributed by atoms with Crippen molar-refractivity contribution in [2.75, 3.05) is 17.7 Å². The highest BCUT2D eigenvalue weighted by Crippen LogP contribution is 2.29. The van der Waals surface area contributed by atoms with E-state index in [2.05, 4.69) is 15.4 Å². The van der Waals surface area contributed by atoms with Crippen molar-refractivity contribution >= 4 is 33.4 Å². The molecule has 2 amide bonds. The molecule has 0 aromatic heterocycles. The van der Waals surface area contributed by atoms with Crippen LogP contribution in [0.2, 0.25) is 0 Å². The molecule has 2 rings (SSSR count). The van der Waals surface area contributed by atoms with Gasteiger partial charge in [0.15, 0.2) is 0 Å². The van der Waals surface area contributed by atoms with Crippen LogP contribution in [0.4, 0.5) is 16.2 Å². The minimum Gasteiger partial charge on any atom is -0.495 e. The number of rotatable bonds is 6. The number of sulfonamides is 1. The Balaban J connectivity index is 2.17. The van der Waals surface area contributed by atoms with Crippen LogP contribution in [0.15, 0.2) is 47.4 Å². The summed E-state index contributed by atoms with van der Waals surface area (Å²) < 4.78 is 37.9. The molecule has 9 nitrogen and oxygen atoms in total. The summed E-state index contributed by atoms with van der Waals surface area (Å²) in [5, 5.41) is 5.32. The third kappa shape index (κ3) is 8.07. The van der Waals surface area contributed by atoms with E-state index >= 15 is 0 Å². The number of hydrogen-bond donors (Lipinski definition) is 3. The molecule has 0 bridgehead atoms. The summed E-state index contributed by atoms with van der Waals surface area (Å²) >= 11 is 0. The molecule has 0 aliphatic heterocycles. The van der Waals surface area contributed by atoms with Gasteiger partial charge in [-0.1, -0.05) is 0 Å². The van der Waals surface area contributed by atoms with E-state index in [1.807, 2.05) is 0 Å². The van der Waals surface area contributed by atoms with Crippen molar-refractivity contribution in [1.82, 2.24) is 4.72 Å². The highest BCUT2D eigenvalue weighted by Gasteiger charge is 2.22. The van der Waals surface area contributed by atoms with Crippen molar-refractivity contribution in [2.45, 2.75) is 57.6 Å². The molecule has 0 aliphatic rings. The van der Waals surface area contributed by atoms with Gasteiger partial charge in [-0.15, -0.1) is 0 Å². The van der Waals surface area contributed by atoms with Crippen LogP contribution in [0.25, 0.3) is 0 Å². The molecule has 0 saturated heterocycles. The lowest BCUT2D eigenvalue weighted by Crippen LogP contribution is -2.40. The number of anilines is 2. The number of benzene rings is 2. The summed E-state index contributed by atoms with van der Waals surface area (Å²) in [4.78, 5) is 24.8. The maximum absolute atomic E-state index is 12.7. The average Bonchev–Trinajstić information content (AvgIpc) is 2.65. The van der Waals surface area contributed by atoms with Gasteiger partial charge in [-0.25, -0.2) is 17.9 Å². The van der Waals surface area contributed by atoms with Gasteiger partial charge in [0, 0.05) is 16.8 Å². The molecule has 0 heterocycles. The largest absolute Gasteiger partial charge is 0.495 e. The van der Waals surface area contributed by atoms with Gasteiger partial charge in [0.25, 0.3) is 5.91 Å². The third-order valence-corrected chi connectivity index (χ3v) is 5.73. The molecule has 0 atom stereocenters. The Hall–Kier alpha value is -3.11. The smallest absolute Gasteiger partial charge is 0.412 e. The molecule has 2 aromatic rings. The second-order valence-electron chi connectivity index (χ2n) is 9.38. The van der Waals surface area contributed by atoms with Crippen molar-refractivity contribution in [1.29, 1.82) is 0 Å². The van der Waals surface area contributed by atoms with Gasteiger partial charge in [-0.2, -0.15) is 0 Å². The van der Waals surface area contributed by atoms with Crippen LogP contribution < -0.4 is 20.1 Å². The third-order valence-electron chi connectivity index (χ3n) is 3.96. The van der Waals surface area contributed by atoms with Crippen LogP contribution in [-0.2, 0) is 14.8 Å². The summed E-state index contributed by atoms with van der Waals surface area (Å²) in [6.45, 7) is 10.5. The lowest BCUT2D eigenvalue weighted by atomic mass is 10.1. The highest BCUT2D eigenvalue weighted by atomic mass is 32.2. The summed E-state index contributed by atoms with van der Waals surface area (Å²) in [5.41, 5.74) is -0.321. The van der Waals surface area contributed by atoms with E-state index in [0.717, 1.165) is 0 Å².